The Balaban J connectivity index is 1.72. The molecule has 3 rings (SSSR count). The molecule has 1 aliphatic heterocycles. The smallest absolute Gasteiger partial charge is 0.237 e. The van der Waals surface area contributed by atoms with Crippen LogP contribution in [0.25, 0.3) is 0 Å². The van der Waals surface area contributed by atoms with Crippen LogP contribution in [0.5, 0.6) is 0 Å². The molecule has 0 fully saturated rings. The lowest BCUT2D eigenvalue weighted by Crippen LogP contribution is -2.28. The van der Waals surface area contributed by atoms with E-state index in [9.17, 15) is 18.0 Å². The van der Waals surface area contributed by atoms with Gasteiger partial charge in [0.05, 0.1) is 21.6 Å². The van der Waals surface area contributed by atoms with Crippen molar-refractivity contribution in [2.45, 2.75) is 33.8 Å². The molecule has 2 amide bonds. The number of hydrogen-bond acceptors (Lipinski definition) is 6. The second-order valence-corrected chi connectivity index (χ2v) is 11.1. The molecule has 2 aromatic carbocycles. The minimum absolute atomic E-state index is 0.0933. The highest BCUT2D eigenvalue weighted by atomic mass is 32.2. The van der Waals surface area contributed by atoms with Crippen molar-refractivity contribution in [1.29, 1.82) is 0 Å². The highest BCUT2D eigenvalue weighted by molar-refractivity contribution is 8.01. The second-order valence-electron chi connectivity index (χ2n) is 6.81. The molecule has 9 heteroatoms. The van der Waals surface area contributed by atoms with Crippen molar-refractivity contribution >= 4 is 56.6 Å². The number of benzene rings is 2. The number of nitrogens with one attached hydrogen (secondary N) is 2. The van der Waals surface area contributed by atoms with Crippen LogP contribution in [0, 0.1) is 5.92 Å². The number of fused-ring (bicyclic) bond motifs is 1. The van der Waals surface area contributed by atoms with Gasteiger partial charge in [-0.15, -0.1) is 23.5 Å². The Bertz CT molecular complexity index is 1050. The molecule has 2 unspecified atom stereocenters. The first-order valence-corrected chi connectivity index (χ1v) is 12.7. The molecule has 6 nitrogen and oxygen atoms in total. The molecule has 0 saturated carbocycles. The average Bonchev–Trinajstić information content (AvgIpc) is 2.68. The largest absolute Gasteiger partial charge is 0.326 e. The number of thioether (sulfide) groups is 2. The van der Waals surface area contributed by atoms with Crippen LogP contribution in [0.1, 0.15) is 13.8 Å². The van der Waals surface area contributed by atoms with E-state index in [2.05, 4.69) is 10.6 Å². The number of hydrogen-bond donors (Lipinski definition) is 2. The van der Waals surface area contributed by atoms with Gasteiger partial charge < -0.3 is 10.6 Å². The Morgan fingerprint density at radius 1 is 1.28 bits per heavy atom. The molecule has 1 heterocycles. The van der Waals surface area contributed by atoms with Crippen LogP contribution in [0.15, 0.2) is 57.2 Å². The summed E-state index contributed by atoms with van der Waals surface area (Å²) in [6, 6.07) is 12.1. The summed E-state index contributed by atoms with van der Waals surface area (Å²) in [5, 5.41) is 5.29. The second kappa shape index (κ2) is 8.81. The van der Waals surface area contributed by atoms with E-state index < -0.39 is 15.8 Å². The van der Waals surface area contributed by atoms with E-state index >= 15 is 0 Å². The van der Waals surface area contributed by atoms with Gasteiger partial charge in [-0.25, -0.2) is 8.42 Å². The molecule has 1 aliphatic rings. The van der Waals surface area contributed by atoms with Gasteiger partial charge in [0, 0.05) is 21.4 Å². The minimum atomic E-state index is -3.70. The summed E-state index contributed by atoms with van der Waals surface area (Å²) >= 11 is 2.95. The molecular weight excluding hydrogens is 428 g/mol. The maximum absolute atomic E-state index is 12.8. The normalized spacial score (nSPS) is 17.2. The molecule has 0 bridgehead atoms. The summed E-state index contributed by atoms with van der Waals surface area (Å²) < 4.78 is 25.7. The Morgan fingerprint density at radius 2 is 2.03 bits per heavy atom. The summed E-state index contributed by atoms with van der Waals surface area (Å²) in [4.78, 5) is 26.3. The molecule has 2 N–H and O–H groups in total. The minimum Gasteiger partial charge on any atom is -0.326 e. The van der Waals surface area contributed by atoms with Gasteiger partial charge in [0.1, 0.15) is 0 Å². The lowest BCUT2D eigenvalue weighted by molar-refractivity contribution is -0.119. The van der Waals surface area contributed by atoms with Gasteiger partial charge in [-0.3, -0.25) is 9.59 Å². The van der Waals surface area contributed by atoms with Gasteiger partial charge >= 0.3 is 0 Å². The summed E-state index contributed by atoms with van der Waals surface area (Å²) in [6.07, 6.45) is 1.94. The van der Waals surface area contributed by atoms with E-state index in [4.69, 9.17) is 0 Å². The third-order valence-corrected chi connectivity index (χ3v) is 8.31. The topological polar surface area (TPSA) is 92.3 Å². The zero-order chi connectivity index (χ0) is 21.2. The maximum Gasteiger partial charge on any atom is 0.237 e. The van der Waals surface area contributed by atoms with Crippen LogP contribution in [0.3, 0.4) is 0 Å². The number of anilines is 2. The van der Waals surface area contributed by atoms with Crippen LogP contribution >= 0.6 is 23.5 Å². The molecule has 0 aromatic heterocycles. The van der Waals surface area contributed by atoms with E-state index in [1.807, 2.05) is 24.5 Å². The number of carbonyl (C=O) groups excluding carboxylic acids is 2. The number of carbonyl (C=O) groups is 2. The molecular formula is C20H22N2O4S3. The van der Waals surface area contributed by atoms with E-state index in [1.165, 1.54) is 23.9 Å². The van der Waals surface area contributed by atoms with Crippen molar-refractivity contribution in [3.05, 3.63) is 42.5 Å². The highest BCUT2D eigenvalue weighted by Crippen LogP contribution is 2.37. The summed E-state index contributed by atoms with van der Waals surface area (Å²) in [5.41, 5.74) is 1.12. The maximum atomic E-state index is 12.8. The first-order chi connectivity index (χ1) is 13.7. The van der Waals surface area contributed by atoms with Crippen LogP contribution in [0.4, 0.5) is 11.4 Å². The van der Waals surface area contributed by atoms with Crippen molar-refractivity contribution in [2.75, 3.05) is 22.6 Å². The van der Waals surface area contributed by atoms with Gasteiger partial charge in [-0.2, -0.15) is 0 Å². The van der Waals surface area contributed by atoms with Gasteiger partial charge in [0.2, 0.25) is 11.8 Å². The van der Waals surface area contributed by atoms with Crippen molar-refractivity contribution in [3.8, 4) is 0 Å². The lowest BCUT2D eigenvalue weighted by Gasteiger charge is -2.22. The SMILES string of the molecule is CSc1cccc(NC(=O)C(C)CS(=O)(=O)c2ccc3c(c2)NC(=O)C(C)S3)c1. The fourth-order valence-corrected chi connectivity index (χ4v) is 5.81. The van der Waals surface area contributed by atoms with Crippen molar-refractivity contribution in [2.24, 2.45) is 5.92 Å². The zero-order valence-electron chi connectivity index (χ0n) is 16.3. The summed E-state index contributed by atoms with van der Waals surface area (Å²) in [6.45, 7) is 3.38. The van der Waals surface area contributed by atoms with Crippen molar-refractivity contribution in [1.82, 2.24) is 0 Å². The van der Waals surface area contributed by atoms with Gasteiger partial charge in [0.25, 0.3) is 0 Å². The first-order valence-electron chi connectivity index (χ1n) is 8.99. The number of rotatable bonds is 6. The first kappa shape index (κ1) is 21.7. The molecule has 29 heavy (non-hydrogen) atoms. The predicted octanol–water partition coefficient (Wildman–Crippen LogP) is 3.89. The van der Waals surface area contributed by atoms with Gasteiger partial charge in [-0.05, 0) is 49.6 Å². The third kappa shape index (κ3) is 5.15. The zero-order valence-corrected chi connectivity index (χ0v) is 18.7. The van der Waals surface area contributed by atoms with Crippen LogP contribution in [-0.4, -0.2) is 37.5 Å². The van der Waals surface area contributed by atoms with Crippen molar-refractivity contribution < 1.29 is 18.0 Å². The molecule has 2 aromatic rings. The van der Waals surface area contributed by atoms with E-state index in [0.29, 0.717) is 11.4 Å². The summed E-state index contributed by atoms with van der Waals surface area (Å²) in [5.74, 6) is -1.57. The van der Waals surface area contributed by atoms with Gasteiger partial charge in [-0.1, -0.05) is 13.0 Å². The Kier molecular flexibility index (Phi) is 6.60. The number of sulfone groups is 1. The molecule has 0 aliphatic carbocycles. The lowest BCUT2D eigenvalue weighted by atomic mass is 10.2. The molecule has 0 radical (unpaired) electrons. The summed E-state index contributed by atoms with van der Waals surface area (Å²) in [7, 11) is -3.70. The fourth-order valence-electron chi connectivity index (χ4n) is 2.85. The monoisotopic (exact) mass is 450 g/mol. The Morgan fingerprint density at radius 3 is 2.76 bits per heavy atom. The highest BCUT2D eigenvalue weighted by Gasteiger charge is 2.27. The Hall–Kier alpha value is -1.97. The fraction of sp³-hybridized carbons (Fsp3) is 0.300. The van der Waals surface area contributed by atoms with E-state index in [0.717, 1.165) is 9.79 Å². The molecule has 2 atom stereocenters. The van der Waals surface area contributed by atoms with E-state index in [-0.39, 0.29) is 27.7 Å². The molecule has 154 valence electrons. The van der Waals surface area contributed by atoms with Crippen LogP contribution in [-0.2, 0) is 19.4 Å². The Labute approximate surface area is 179 Å². The number of amides is 2. The third-order valence-electron chi connectivity index (χ3n) is 4.50. The van der Waals surface area contributed by atoms with Crippen molar-refractivity contribution in [3.63, 3.8) is 0 Å². The average molecular weight is 451 g/mol. The van der Waals surface area contributed by atoms with E-state index in [1.54, 1.807) is 37.7 Å². The van der Waals surface area contributed by atoms with Crippen LogP contribution < -0.4 is 10.6 Å². The quantitative estimate of drug-likeness (QED) is 0.649. The van der Waals surface area contributed by atoms with Crippen LogP contribution in [0.2, 0.25) is 0 Å². The predicted molar refractivity (Wildman–Crippen MR) is 118 cm³/mol. The standard InChI is InChI=1S/C20H22N2O4S3/c1-12(19(23)21-14-5-4-6-15(9-14)27-3)11-29(25,26)16-7-8-18-17(10-16)22-20(24)13(2)28-18/h4-10,12-13H,11H2,1-3H3,(H,21,23)(H,22,24). The van der Waals surface area contributed by atoms with Gasteiger partial charge in [0.15, 0.2) is 9.84 Å². The molecule has 0 saturated heterocycles. The molecule has 0 spiro atoms.